The van der Waals surface area contributed by atoms with Gasteiger partial charge in [0.25, 0.3) is 5.91 Å². The van der Waals surface area contributed by atoms with Crippen LogP contribution in [0.4, 0.5) is 4.39 Å². The molecule has 3 atom stereocenters. The van der Waals surface area contributed by atoms with Crippen LogP contribution in [-0.4, -0.2) is 39.5 Å². The second kappa shape index (κ2) is 8.29. The first-order chi connectivity index (χ1) is 12.5. The summed E-state index contributed by atoms with van der Waals surface area (Å²) in [5.41, 5.74) is 0.0306. The van der Waals surface area contributed by atoms with Crippen LogP contribution >= 0.6 is 0 Å². The zero-order valence-electron chi connectivity index (χ0n) is 14.1. The van der Waals surface area contributed by atoms with E-state index >= 15 is 0 Å². The number of carbonyl (C=O) groups excluding carboxylic acids is 1. The van der Waals surface area contributed by atoms with Crippen molar-refractivity contribution in [3.63, 3.8) is 0 Å². The molecule has 26 heavy (non-hydrogen) atoms. The number of nitrogens with zero attached hydrogens (tertiary/aromatic N) is 1. The van der Waals surface area contributed by atoms with Gasteiger partial charge in [-0.1, -0.05) is 30.1 Å². The number of hydrogen-bond donors (Lipinski definition) is 3. The summed E-state index contributed by atoms with van der Waals surface area (Å²) in [6.07, 6.45) is 0.813. The summed E-state index contributed by atoms with van der Waals surface area (Å²) in [4.78, 5) is 12.3. The second-order valence-electron chi connectivity index (χ2n) is 6.32. The van der Waals surface area contributed by atoms with Crippen LogP contribution in [0.2, 0.25) is 0 Å². The summed E-state index contributed by atoms with van der Waals surface area (Å²) < 4.78 is 23.8. The van der Waals surface area contributed by atoms with Crippen LogP contribution in [0.3, 0.4) is 0 Å². The molecule has 3 N–H and O–H groups in total. The van der Waals surface area contributed by atoms with Gasteiger partial charge < -0.3 is 24.8 Å². The highest BCUT2D eigenvalue weighted by Gasteiger charge is 2.30. The molecule has 0 spiro atoms. The Morgan fingerprint density at radius 2 is 2.08 bits per heavy atom. The summed E-state index contributed by atoms with van der Waals surface area (Å²) in [5, 5.41) is 26.3. The molecule has 1 saturated carbocycles. The molecule has 0 unspecified atom stereocenters. The van der Waals surface area contributed by atoms with Gasteiger partial charge in [0.15, 0.2) is 23.0 Å². The molecule has 7 nitrogen and oxygen atoms in total. The summed E-state index contributed by atoms with van der Waals surface area (Å²) in [6, 6.07) is 6.81. The first-order valence-corrected chi connectivity index (χ1v) is 8.54. The van der Waals surface area contributed by atoms with Gasteiger partial charge in [0.2, 0.25) is 0 Å². The van der Waals surface area contributed by atoms with E-state index < -0.39 is 30.0 Å². The Balaban J connectivity index is 1.58. The maximum Gasteiger partial charge on any atom is 0.273 e. The second-order valence-corrected chi connectivity index (χ2v) is 6.32. The molecule has 0 radical (unpaired) electrons. The first-order valence-electron chi connectivity index (χ1n) is 8.54. The lowest BCUT2D eigenvalue weighted by Gasteiger charge is -2.24. The van der Waals surface area contributed by atoms with Crippen molar-refractivity contribution in [2.45, 2.75) is 50.5 Å². The van der Waals surface area contributed by atoms with Crippen molar-refractivity contribution in [2.75, 3.05) is 0 Å². The maximum atomic E-state index is 13.5. The number of hydrogen-bond acceptors (Lipinski definition) is 6. The summed E-state index contributed by atoms with van der Waals surface area (Å²) >= 11 is 0. The van der Waals surface area contributed by atoms with Crippen LogP contribution in [0.25, 0.3) is 0 Å². The van der Waals surface area contributed by atoms with E-state index in [1.54, 1.807) is 12.1 Å². The largest absolute Gasteiger partial charge is 0.482 e. The lowest BCUT2D eigenvalue weighted by Crippen LogP contribution is -2.47. The average molecular weight is 364 g/mol. The van der Waals surface area contributed by atoms with Gasteiger partial charge in [-0.25, -0.2) is 4.39 Å². The third-order valence-corrected chi connectivity index (χ3v) is 4.39. The van der Waals surface area contributed by atoms with Gasteiger partial charge in [0.1, 0.15) is 6.61 Å². The van der Waals surface area contributed by atoms with E-state index in [4.69, 9.17) is 9.26 Å². The number of benzene rings is 1. The maximum absolute atomic E-state index is 13.5. The highest BCUT2D eigenvalue weighted by molar-refractivity contribution is 5.92. The third kappa shape index (κ3) is 4.39. The monoisotopic (exact) mass is 364 g/mol. The van der Waals surface area contributed by atoms with Crippen LogP contribution in [0, 0.1) is 5.82 Å². The molecule has 1 aliphatic rings. The molecule has 0 aliphatic heterocycles. The lowest BCUT2D eigenvalue weighted by molar-refractivity contribution is -0.00131. The smallest absolute Gasteiger partial charge is 0.273 e. The summed E-state index contributed by atoms with van der Waals surface area (Å²) in [5.74, 6) is -0.666. The molecule has 1 heterocycles. The van der Waals surface area contributed by atoms with E-state index in [-0.39, 0.29) is 23.8 Å². The van der Waals surface area contributed by atoms with Crippen LogP contribution in [0.5, 0.6) is 5.75 Å². The Morgan fingerprint density at radius 3 is 2.88 bits per heavy atom. The number of rotatable bonds is 5. The Bertz CT molecular complexity index is 751. The van der Waals surface area contributed by atoms with Gasteiger partial charge in [0.05, 0.1) is 18.2 Å². The van der Waals surface area contributed by atoms with Gasteiger partial charge in [-0.3, -0.25) is 4.79 Å². The molecule has 1 fully saturated rings. The Morgan fingerprint density at radius 1 is 1.31 bits per heavy atom. The van der Waals surface area contributed by atoms with E-state index in [0.717, 1.165) is 12.8 Å². The molecule has 1 amide bonds. The third-order valence-electron chi connectivity index (χ3n) is 4.39. The van der Waals surface area contributed by atoms with E-state index in [1.165, 1.54) is 18.2 Å². The van der Waals surface area contributed by atoms with Crippen molar-refractivity contribution in [2.24, 2.45) is 0 Å². The van der Waals surface area contributed by atoms with E-state index in [1.807, 2.05) is 0 Å². The fraction of sp³-hybridized carbons (Fsp3) is 0.444. The normalized spacial score (nSPS) is 23.3. The minimum absolute atomic E-state index is 0.0306. The predicted octanol–water partition coefficient (Wildman–Crippen LogP) is 1.79. The molecule has 3 rings (SSSR count). The predicted molar refractivity (Wildman–Crippen MR) is 89.0 cm³/mol. The van der Waals surface area contributed by atoms with Crippen molar-refractivity contribution < 1.29 is 28.7 Å². The van der Waals surface area contributed by atoms with E-state index in [2.05, 4.69) is 10.5 Å². The molecule has 0 bridgehead atoms. The fourth-order valence-electron chi connectivity index (χ4n) is 2.93. The topological polar surface area (TPSA) is 105 Å². The molecule has 8 heteroatoms. The van der Waals surface area contributed by atoms with Gasteiger partial charge in [0, 0.05) is 6.07 Å². The first kappa shape index (κ1) is 18.3. The fourth-order valence-corrected chi connectivity index (χ4v) is 2.93. The van der Waals surface area contributed by atoms with Crippen molar-refractivity contribution >= 4 is 5.91 Å². The number of ether oxygens (including phenoxy) is 1. The zero-order valence-corrected chi connectivity index (χ0v) is 14.1. The highest BCUT2D eigenvalue weighted by Crippen LogP contribution is 2.20. The molecule has 1 aromatic carbocycles. The molecule has 2 aromatic rings. The molecule has 140 valence electrons. The molecular weight excluding hydrogens is 343 g/mol. The van der Waals surface area contributed by atoms with Gasteiger partial charge in [-0.2, -0.15) is 0 Å². The standard InChI is InChI=1S/C18H21FN2O5/c19-12-5-1-4-8-16(12)25-10-11-9-14(21-26-11)18(24)20-13-6-2-3-7-15(22)17(13)23/h1,4-5,8-9,13,15,17,22-23H,2-3,6-7,10H2,(H,20,24)/t13-,15-,17-/m1/s1. The average Bonchev–Trinajstić information content (AvgIpc) is 3.06. The zero-order chi connectivity index (χ0) is 18.5. The van der Waals surface area contributed by atoms with Crippen molar-refractivity contribution in [3.05, 3.63) is 47.6 Å². The SMILES string of the molecule is O=C(N[C@@H]1CCCC[C@@H](O)[C@@H]1O)c1cc(COc2ccccc2F)on1. The summed E-state index contributed by atoms with van der Waals surface area (Å²) in [7, 11) is 0. The molecule has 1 aromatic heterocycles. The van der Waals surface area contributed by atoms with Gasteiger partial charge in [-0.05, 0) is 25.0 Å². The van der Waals surface area contributed by atoms with Gasteiger partial charge >= 0.3 is 0 Å². The highest BCUT2D eigenvalue weighted by atomic mass is 19.1. The van der Waals surface area contributed by atoms with Crippen molar-refractivity contribution in [1.82, 2.24) is 10.5 Å². The minimum atomic E-state index is -1.02. The molecular formula is C18H21FN2O5. The van der Waals surface area contributed by atoms with E-state index in [9.17, 15) is 19.4 Å². The van der Waals surface area contributed by atoms with Crippen molar-refractivity contribution in [1.29, 1.82) is 0 Å². The van der Waals surface area contributed by atoms with Crippen LogP contribution in [0.1, 0.15) is 41.9 Å². The van der Waals surface area contributed by atoms with Crippen LogP contribution in [-0.2, 0) is 6.61 Å². The molecule has 0 saturated heterocycles. The number of nitrogens with one attached hydrogen (secondary N) is 1. The summed E-state index contributed by atoms with van der Waals surface area (Å²) in [6.45, 7) is -0.0774. The van der Waals surface area contributed by atoms with Crippen LogP contribution in [0.15, 0.2) is 34.9 Å². The number of aromatic nitrogens is 1. The number of halogens is 1. The lowest BCUT2D eigenvalue weighted by atomic mass is 10.0. The number of para-hydroxylation sites is 1. The number of amides is 1. The van der Waals surface area contributed by atoms with Gasteiger partial charge in [-0.15, -0.1) is 0 Å². The number of carbonyl (C=O) groups is 1. The molecule has 1 aliphatic carbocycles. The van der Waals surface area contributed by atoms with Crippen LogP contribution < -0.4 is 10.1 Å². The Kier molecular flexibility index (Phi) is 5.85. The minimum Gasteiger partial charge on any atom is -0.482 e. The number of aliphatic hydroxyl groups is 2. The quantitative estimate of drug-likeness (QED) is 0.699. The van der Waals surface area contributed by atoms with E-state index in [0.29, 0.717) is 12.8 Å². The Labute approximate surface area is 149 Å². The van der Waals surface area contributed by atoms with Crippen molar-refractivity contribution in [3.8, 4) is 5.75 Å². The Hall–Kier alpha value is -2.45. The number of aliphatic hydroxyl groups excluding tert-OH is 2.